The molecule has 0 atom stereocenters. The van der Waals surface area contributed by atoms with E-state index in [9.17, 15) is 0 Å². The van der Waals surface area contributed by atoms with Crippen molar-refractivity contribution in [2.45, 2.75) is 19.3 Å². The largest absolute Gasteiger partial charge is 0.239 e. The van der Waals surface area contributed by atoms with E-state index in [1.807, 2.05) is 38.1 Å². The summed E-state index contributed by atoms with van der Waals surface area (Å²) in [7, 11) is 0. The number of rotatable bonds is 4. The highest BCUT2D eigenvalue weighted by Crippen LogP contribution is 2.63. The Balaban J connectivity index is 1.20. The Labute approximate surface area is 296 Å². The third-order valence-electron chi connectivity index (χ3n) is 10.3. The van der Waals surface area contributed by atoms with Crippen molar-refractivity contribution < 1.29 is 0 Å². The molecule has 5 heteroatoms. The van der Waals surface area contributed by atoms with Crippen molar-refractivity contribution in [2.75, 3.05) is 0 Å². The highest BCUT2D eigenvalue weighted by molar-refractivity contribution is 5.99. The monoisotopic (exact) mass is 653 g/mol. The zero-order valence-corrected chi connectivity index (χ0v) is 28.2. The molecule has 8 aromatic rings. The summed E-state index contributed by atoms with van der Waals surface area (Å²) in [6.45, 7) is 3.92. The number of fused-ring (bicyclic) bond motifs is 10. The van der Waals surface area contributed by atoms with Crippen molar-refractivity contribution in [1.29, 1.82) is 0 Å². The molecule has 2 aliphatic rings. The number of aryl methyl sites for hydroxylation is 2. The summed E-state index contributed by atoms with van der Waals surface area (Å²) >= 11 is 0. The molecule has 0 saturated carbocycles. The summed E-state index contributed by atoms with van der Waals surface area (Å²) in [6.07, 6.45) is 0. The van der Waals surface area contributed by atoms with Gasteiger partial charge in [-0.2, -0.15) is 0 Å². The van der Waals surface area contributed by atoms with Gasteiger partial charge in [-0.05, 0) is 64.4 Å². The molecule has 0 saturated heterocycles. The van der Waals surface area contributed by atoms with E-state index >= 15 is 0 Å². The lowest BCUT2D eigenvalue weighted by Crippen LogP contribution is -2.25. The van der Waals surface area contributed by atoms with E-state index in [0.29, 0.717) is 17.5 Å². The molecule has 0 bridgehead atoms. The lowest BCUT2D eigenvalue weighted by atomic mass is 9.70. The van der Waals surface area contributed by atoms with Crippen molar-refractivity contribution in [3.05, 3.63) is 185 Å². The highest BCUT2D eigenvalue weighted by Gasteiger charge is 2.52. The SMILES string of the molecule is Cc1cc(-c2ccc(-c3nc(-c4ccccc4)nc(-c4cccc5c4-c4ccccc4C54c5ccccc5-c5ccccc54)n3)cc2)nc(C)n1. The Morgan fingerprint density at radius 3 is 1.51 bits per heavy atom. The van der Waals surface area contributed by atoms with Crippen LogP contribution in [0, 0.1) is 13.8 Å². The van der Waals surface area contributed by atoms with Gasteiger partial charge >= 0.3 is 0 Å². The molecule has 0 radical (unpaired) electrons. The van der Waals surface area contributed by atoms with Crippen LogP contribution >= 0.6 is 0 Å². The minimum Gasteiger partial charge on any atom is -0.239 e. The van der Waals surface area contributed by atoms with Gasteiger partial charge in [0, 0.05) is 27.9 Å². The number of hydrogen-bond acceptors (Lipinski definition) is 5. The Bertz CT molecular complexity index is 2600. The maximum atomic E-state index is 5.24. The van der Waals surface area contributed by atoms with Gasteiger partial charge in [0.2, 0.25) is 0 Å². The molecular weight excluding hydrogens is 623 g/mol. The normalized spacial score (nSPS) is 13.1. The lowest BCUT2D eigenvalue weighted by Gasteiger charge is -2.30. The van der Waals surface area contributed by atoms with E-state index in [0.717, 1.165) is 39.5 Å². The first kappa shape index (κ1) is 29.3. The van der Waals surface area contributed by atoms with Crippen LogP contribution in [0.25, 0.3) is 67.7 Å². The molecule has 0 amide bonds. The van der Waals surface area contributed by atoms with Crippen LogP contribution in [0.2, 0.25) is 0 Å². The van der Waals surface area contributed by atoms with Gasteiger partial charge in [0.05, 0.1) is 11.1 Å². The fraction of sp³-hybridized carbons (Fsp3) is 0.0652. The second-order valence-corrected chi connectivity index (χ2v) is 13.3. The first-order chi connectivity index (χ1) is 25.1. The highest BCUT2D eigenvalue weighted by atomic mass is 15.0. The van der Waals surface area contributed by atoms with Gasteiger partial charge in [0.25, 0.3) is 0 Å². The predicted octanol–water partition coefficient (Wildman–Crippen LogP) is 10.3. The molecule has 0 unspecified atom stereocenters. The molecule has 0 N–H and O–H groups in total. The number of aromatic nitrogens is 5. The van der Waals surface area contributed by atoms with Gasteiger partial charge in [-0.3, -0.25) is 0 Å². The Hall–Kier alpha value is -6.59. The van der Waals surface area contributed by atoms with Crippen LogP contribution in [0.1, 0.15) is 33.8 Å². The molecule has 240 valence electrons. The summed E-state index contributed by atoms with van der Waals surface area (Å²) in [4.78, 5) is 24.6. The molecule has 10 rings (SSSR count). The third kappa shape index (κ3) is 4.38. The topological polar surface area (TPSA) is 64.5 Å². The average Bonchev–Trinajstić information content (AvgIpc) is 3.65. The fourth-order valence-corrected chi connectivity index (χ4v) is 8.33. The fourth-order valence-electron chi connectivity index (χ4n) is 8.33. The lowest BCUT2D eigenvalue weighted by molar-refractivity contribution is 0.794. The average molecular weight is 654 g/mol. The summed E-state index contributed by atoms with van der Waals surface area (Å²) < 4.78 is 0. The molecule has 5 nitrogen and oxygen atoms in total. The summed E-state index contributed by atoms with van der Waals surface area (Å²) in [5.41, 5.74) is 15.3. The zero-order chi connectivity index (χ0) is 34.1. The first-order valence-electron chi connectivity index (χ1n) is 17.3. The molecule has 0 fully saturated rings. The van der Waals surface area contributed by atoms with Crippen LogP contribution in [0.4, 0.5) is 0 Å². The van der Waals surface area contributed by atoms with Gasteiger partial charge < -0.3 is 0 Å². The Kier molecular flexibility index (Phi) is 6.46. The first-order valence-corrected chi connectivity index (χ1v) is 17.3. The third-order valence-corrected chi connectivity index (χ3v) is 10.3. The van der Waals surface area contributed by atoms with E-state index in [1.54, 1.807) is 0 Å². The van der Waals surface area contributed by atoms with E-state index in [2.05, 4.69) is 137 Å². The van der Waals surface area contributed by atoms with Gasteiger partial charge in [-0.15, -0.1) is 0 Å². The molecule has 2 aromatic heterocycles. The minimum absolute atomic E-state index is 0.444. The number of benzene rings is 6. The number of hydrogen-bond donors (Lipinski definition) is 0. The molecule has 0 aliphatic heterocycles. The van der Waals surface area contributed by atoms with Gasteiger partial charge in [-0.1, -0.05) is 146 Å². The molecule has 51 heavy (non-hydrogen) atoms. The maximum absolute atomic E-state index is 5.24. The van der Waals surface area contributed by atoms with Crippen molar-refractivity contribution >= 4 is 0 Å². The zero-order valence-electron chi connectivity index (χ0n) is 28.2. The second kappa shape index (κ2) is 11.2. The number of nitrogens with zero attached hydrogens (tertiary/aromatic N) is 5. The van der Waals surface area contributed by atoms with E-state index < -0.39 is 5.41 Å². The minimum atomic E-state index is -0.444. The van der Waals surface area contributed by atoms with Crippen LogP contribution in [0.3, 0.4) is 0 Å². The predicted molar refractivity (Wildman–Crippen MR) is 203 cm³/mol. The Morgan fingerprint density at radius 1 is 0.373 bits per heavy atom. The second-order valence-electron chi connectivity index (χ2n) is 13.3. The summed E-state index contributed by atoms with van der Waals surface area (Å²) in [5.74, 6) is 2.66. The van der Waals surface area contributed by atoms with E-state index in [-0.39, 0.29) is 0 Å². The smallest absolute Gasteiger partial charge is 0.164 e. The maximum Gasteiger partial charge on any atom is 0.164 e. The quantitative estimate of drug-likeness (QED) is 0.189. The van der Waals surface area contributed by atoms with Crippen LogP contribution in [-0.2, 0) is 5.41 Å². The molecule has 6 aromatic carbocycles. The van der Waals surface area contributed by atoms with Crippen LogP contribution in [-0.4, -0.2) is 24.9 Å². The van der Waals surface area contributed by atoms with Gasteiger partial charge in [0.15, 0.2) is 17.5 Å². The summed E-state index contributed by atoms with van der Waals surface area (Å²) in [5, 5.41) is 0. The van der Waals surface area contributed by atoms with Crippen LogP contribution in [0.15, 0.2) is 152 Å². The van der Waals surface area contributed by atoms with E-state index in [4.69, 9.17) is 15.0 Å². The van der Waals surface area contributed by atoms with Crippen LogP contribution in [0.5, 0.6) is 0 Å². The van der Waals surface area contributed by atoms with Crippen molar-refractivity contribution in [2.24, 2.45) is 0 Å². The van der Waals surface area contributed by atoms with Crippen LogP contribution < -0.4 is 0 Å². The van der Waals surface area contributed by atoms with Gasteiger partial charge in [0.1, 0.15) is 5.82 Å². The van der Waals surface area contributed by atoms with Crippen molar-refractivity contribution in [1.82, 2.24) is 24.9 Å². The van der Waals surface area contributed by atoms with Crippen molar-refractivity contribution in [3.8, 4) is 67.7 Å². The molecular formula is C46H31N5. The van der Waals surface area contributed by atoms with Crippen molar-refractivity contribution in [3.63, 3.8) is 0 Å². The van der Waals surface area contributed by atoms with E-state index in [1.165, 1.54) is 44.5 Å². The molecule has 1 spiro atoms. The molecule has 2 heterocycles. The standard InChI is InChI=1S/C46H31N5/c1-28-27-41(48-29(2)47-28)30-23-25-32(26-24-30)44-49-43(31-13-4-3-5-14-31)50-45(51-44)36-18-12-22-40-42(36)35-17-8-11-21-39(35)46(40)37-19-9-6-15-33(37)34-16-7-10-20-38(34)46/h3-27H,1-2H3. The Morgan fingerprint density at radius 2 is 0.863 bits per heavy atom. The van der Waals surface area contributed by atoms with Gasteiger partial charge in [-0.25, -0.2) is 24.9 Å². The molecule has 2 aliphatic carbocycles. The summed E-state index contributed by atoms with van der Waals surface area (Å²) in [6, 6.07) is 53.7.